The Morgan fingerprint density at radius 2 is 2.04 bits per heavy atom. The quantitative estimate of drug-likeness (QED) is 0.639. The number of nitrogens with zero attached hydrogens (tertiary/aromatic N) is 1. The largest absolute Gasteiger partial charge is 0.366 e. The number of benzene rings is 1. The number of fused-ring (bicyclic) bond motifs is 1. The van der Waals surface area contributed by atoms with Crippen LogP contribution in [-0.4, -0.2) is 30.0 Å². The van der Waals surface area contributed by atoms with Gasteiger partial charge in [0.1, 0.15) is 17.5 Å². The molecule has 1 aliphatic heterocycles. The van der Waals surface area contributed by atoms with Crippen LogP contribution in [0.4, 0.5) is 14.6 Å². The van der Waals surface area contributed by atoms with Crippen LogP contribution in [0.3, 0.4) is 0 Å². The van der Waals surface area contributed by atoms with Crippen LogP contribution in [0.15, 0.2) is 30.5 Å². The Bertz CT molecular complexity index is 994. The van der Waals surface area contributed by atoms with Crippen molar-refractivity contribution in [2.24, 2.45) is 5.73 Å². The lowest BCUT2D eigenvalue weighted by atomic mass is 10.1. The second-order valence-electron chi connectivity index (χ2n) is 6.58. The van der Waals surface area contributed by atoms with E-state index in [0.29, 0.717) is 26.5 Å². The van der Waals surface area contributed by atoms with Crippen molar-refractivity contribution in [2.45, 2.75) is 18.9 Å². The number of carbonyl (C=O) groups excluding carboxylic acids is 1. The second-order valence-corrected chi connectivity index (χ2v) is 7.64. The van der Waals surface area contributed by atoms with E-state index in [2.05, 4.69) is 15.6 Å². The van der Waals surface area contributed by atoms with E-state index in [4.69, 9.17) is 5.73 Å². The molecule has 4 N–H and O–H groups in total. The first kappa shape index (κ1) is 17.8. The summed E-state index contributed by atoms with van der Waals surface area (Å²) in [5.41, 5.74) is 6.20. The lowest BCUT2D eigenvalue weighted by Crippen LogP contribution is -2.38. The summed E-state index contributed by atoms with van der Waals surface area (Å²) in [5.74, 6) is -1.25. The number of carbonyl (C=O) groups is 1. The third kappa shape index (κ3) is 3.63. The average molecular weight is 388 g/mol. The summed E-state index contributed by atoms with van der Waals surface area (Å²) in [5, 5.41) is 7.47. The highest BCUT2D eigenvalue weighted by atomic mass is 32.1. The molecule has 1 aromatic carbocycles. The monoisotopic (exact) mass is 388 g/mol. The van der Waals surface area contributed by atoms with Gasteiger partial charge in [-0.25, -0.2) is 13.8 Å². The lowest BCUT2D eigenvalue weighted by Gasteiger charge is -2.24. The summed E-state index contributed by atoms with van der Waals surface area (Å²) in [6, 6.07) is 5.39. The maximum Gasteiger partial charge on any atom is 0.251 e. The molecule has 1 aliphatic rings. The first-order valence-corrected chi connectivity index (χ1v) is 9.49. The van der Waals surface area contributed by atoms with Crippen molar-refractivity contribution in [1.82, 2.24) is 10.3 Å². The van der Waals surface area contributed by atoms with E-state index >= 15 is 0 Å². The van der Waals surface area contributed by atoms with Crippen molar-refractivity contribution in [3.05, 3.63) is 47.7 Å². The Morgan fingerprint density at radius 3 is 2.70 bits per heavy atom. The summed E-state index contributed by atoms with van der Waals surface area (Å²) in [6.45, 7) is 1.82. The van der Waals surface area contributed by atoms with Crippen LogP contribution in [0.2, 0.25) is 0 Å². The van der Waals surface area contributed by atoms with E-state index in [1.54, 1.807) is 6.07 Å². The third-order valence-corrected chi connectivity index (χ3v) is 5.82. The number of thiophene rings is 1. The highest BCUT2D eigenvalue weighted by Gasteiger charge is 2.19. The second kappa shape index (κ2) is 7.21. The Morgan fingerprint density at radius 1 is 1.26 bits per heavy atom. The molecule has 1 unspecified atom stereocenters. The number of piperidine rings is 1. The van der Waals surface area contributed by atoms with Crippen molar-refractivity contribution in [1.29, 1.82) is 0 Å². The number of aromatic nitrogens is 1. The van der Waals surface area contributed by atoms with Gasteiger partial charge in [-0.05, 0) is 43.1 Å². The number of pyridine rings is 1. The normalized spacial score (nSPS) is 17.2. The van der Waals surface area contributed by atoms with Gasteiger partial charge >= 0.3 is 0 Å². The smallest absolute Gasteiger partial charge is 0.251 e. The summed E-state index contributed by atoms with van der Waals surface area (Å²) in [6.07, 6.45) is 3.53. The summed E-state index contributed by atoms with van der Waals surface area (Å²) >= 11 is 1.27. The fraction of sp³-hybridized carbons (Fsp3) is 0.263. The molecule has 1 atom stereocenters. The Balaban J connectivity index is 1.81. The first-order valence-electron chi connectivity index (χ1n) is 8.67. The molecule has 27 heavy (non-hydrogen) atoms. The molecule has 1 saturated heterocycles. The SMILES string of the molecule is NC(=O)c1cnc(NC2CCCNC2)c2cc(-c3cc(F)cc(F)c3)sc12. The van der Waals surface area contributed by atoms with Crippen molar-refractivity contribution < 1.29 is 13.6 Å². The van der Waals surface area contributed by atoms with E-state index in [1.807, 2.05) is 0 Å². The maximum absolute atomic E-state index is 13.6. The number of primary amides is 1. The zero-order valence-electron chi connectivity index (χ0n) is 14.4. The fourth-order valence-corrected chi connectivity index (χ4v) is 4.48. The van der Waals surface area contributed by atoms with Gasteiger partial charge in [-0.1, -0.05) is 0 Å². The fourth-order valence-electron chi connectivity index (χ4n) is 3.32. The van der Waals surface area contributed by atoms with Gasteiger partial charge in [0.25, 0.3) is 5.91 Å². The molecular formula is C19H18F2N4OS. The standard InChI is InChI=1S/C19H18F2N4OS/c20-11-4-10(5-12(21)6-11)16-7-14-17(27-16)15(18(22)26)9-24-19(14)25-13-2-1-3-23-8-13/h4-7,9,13,23H,1-3,8H2,(H2,22,26)(H,24,25). The average Bonchev–Trinajstić information content (AvgIpc) is 3.07. The van der Waals surface area contributed by atoms with Crippen LogP contribution in [0.5, 0.6) is 0 Å². The van der Waals surface area contributed by atoms with Gasteiger partial charge in [0.05, 0.1) is 10.3 Å². The van der Waals surface area contributed by atoms with E-state index in [1.165, 1.54) is 29.7 Å². The molecule has 3 aromatic rings. The van der Waals surface area contributed by atoms with E-state index in [9.17, 15) is 13.6 Å². The van der Waals surface area contributed by atoms with Crippen LogP contribution in [0, 0.1) is 11.6 Å². The molecule has 0 saturated carbocycles. The minimum Gasteiger partial charge on any atom is -0.366 e. The molecule has 2 aromatic heterocycles. The van der Waals surface area contributed by atoms with Gasteiger partial charge in [0.2, 0.25) is 0 Å². The summed E-state index contributed by atoms with van der Waals surface area (Å²) in [4.78, 5) is 16.8. The van der Waals surface area contributed by atoms with Gasteiger partial charge < -0.3 is 16.4 Å². The van der Waals surface area contributed by atoms with Crippen molar-refractivity contribution in [3.8, 4) is 10.4 Å². The van der Waals surface area contributed by atoms with Gasteiger partial charge in [-0.2, -0.15) is 0 Å². The molecule has 3 heterocycles. The van der Waals surface area contributed by atoms with Crippen molar-refractivity contribution >= 4 is 33.1 Å². The predicted octanol–water partition coefficient (Wildman–Crippen LogP) is 3.50. The predicted molar refractivity (Wildman–Crippen MR) is 103 cm³/mol. The van der Waals surface area contributed by atoms with E-state index < -0.39 is 17.5 Å². The van der Waals surface area contributed by atoms with Crippen LogP contribution in [0.1, 0.15) is 23.2 Å². The molecule has 0 aliphatic carbocycles. The van der Waals surface area contributed by atoms with Crippen LogP contribution < -0.4 is 16.4 Å². The number of anilines is 1. The van der Waals surface area contributed by atoms with Crippen LogP contribution in [-0.2, 0) is 0 Å². The molecule has 0 spiro atoms. The number of hydrogen-bond donors (Lipinski definition) is 3. The zero-order chi connectivity index (χ0) is 19.0. The van der Waals surface area contributed by atoms with Gasteiger partial charge in [-0.15, -0.1) is 11.3 Å². The topological polar surface area (TPSA) is 80.0 Å². The first-order chi connectivity index (χ1) is 13.0. The molecule has 0 bridgehead atoms. The van der Waals surface area contributed by atoms with Gasteiger partial charge in [0.15, 0.2) is 0 Å². The molecule has 5 nitrogen and oxygen atoms in total. The molecule has 8 heteroatoms. The Hall–Kier alpha value is -2.58. The van der Waals surface area contributed by atoms with Crippen LogP contribution >= 0.6 is 11.3 Å². The Kier molecular flexibility index (Phi) is 4.75. The molecule has 1 fully saturated rings. The molecule has 0 radical (unpaired) electrons. The molecule has 1 amide bonds. The maximum atomic E-state index is 13.6. The van der Waals surface area contributed by atoms with Gasteiger partial charge in [0, 0.05) is 35.1 Å². The molecule has 140 valence electrons. The molecule has 4 rings (SSSR count). The summed E-state index contributed by atoms with van der Waals surface area (Å²) < 4.78 is 27.9. The number of amides is 1. The third-order valence-electron chi connectivity index (χ3n) is 4.60. The number of rotatable bonds is 4. The number of nitrogens with two attached hydrogens (primary N) is 1. The molecular weight excluding hydrogens is 370 g/mol. The zero-order valence-corrected chi connectivity index (χ0v) is 15.2. The number of halogens is 2. The van der Waals surface area contributed by atoms with Crippen molar-refractivity contribution in [2.75, 3.05) is 18.4 Å². The number of nitrogens with one attached hydrogen (secondary N) is 2. The van der Waals surface area contributed by atoms with Gasteiger partial charge in [-0.3, -0.25) is 4.79 Å². The minimum atomic E-state index is -0.651. The lowest BCUT2D eigenvalue weighted by molar-refractivity contribution is 0.100. The summed E-state index contributed by atoms with van der Waals surface area (Å²) in [7, 11) is 0. The Labute approximate surface area is 158 Å². The number of hydrogen-bond acceptors (Lipinski definition) is 5. The minimum absolute atomic E-state index is 0.226. The highest BCUT2D eigenvalue weighted by Crippen LogP contribution is 2.38. The van der Waals surface area contributed by atoms with E-state index in [0.717, 1.165) is 37.4 Å². The van der Waals surface area contributed by atoms with Crippen molar-refractivity contribution in [3.63, 3.8) is 0 Å². The van der Waals surface area contributed by atoms with E-state index in [-0.39, 0.29) is 6.04 Å². The highest BCUT2D eigenvalue weighted by molar-refractivity contribution is 7.22. The van der Waals surface area contributed by atoms with Crippen LogP contribution in [0.25, 0.3) is 20.5 Å².